The van der Waals surface area contributed by atoms with Crippen LogP contribution in [0.2, 0.25) is 0 Å². The van der Waals surface area contributed by atoms with E-state index in [0.717, 1.165) is 0 Å². The lowest BCUT2D eigenvalue weighted by molar-refractivity contribution is 0.718. The van der Waals surface area contributed by atoms with Gasteiger partial charge >= 0.3 is 5.69 Å². The molecule has 0 fully saturated rings. The number of nitrogen functional groups attached to an aromatic ring is 1. The second kappa shape index (κ2) is 3.78. The van der Waals surface area contributed by atoms with E-state index in [1.807, 2.05) is 0 Å². The van der Waals surface area contributed by atoms with E-state index in [4.69, 9.17) is 5.84 Å². The Balaban J connectivity index is 3.04. The second-order valence-corrected chi connectivity index (χ2v) is 3.20. The third-order valence-electron chi connectivity index (χ3n) is 2.35. The van der Waals surface area contributed by atoms with Gasteiger partial charge in [0.05, 0.1) is 5.69 Å². The molecular weight excluding hydrogens is 210 g/mol. The standard InChI is InChI=1S/C9H11N5O2/c1-2-14-7-6(8(15)12-9(14)16)5(13-10)3-4-11-7/h3-4H,2,10H2,1H3,(H,11,13)(H,12,15,16). The SMILES string of the molecule is CCn1c(=O)[nH]c(=O)c2c(NN)ccnc21. The van der Waals surface area contributed by atoms with Crippen molar-refractivity contribution in [3.63, 3.8) is 0 Å². The van der Waals surface area contributed by atoms with Crippen molar-refractivity contribution in [1.82, 2.24) is 14.5 Å². The Kier molecular flexibility index (Phi) is 2.45. The number of H-pyrrole nitrogens is 1. The Bertz CT molecular complexity index is 642. The summed E-state index contributed by atoms with van der Waals surface area (Å²) in [6.07, 6.45) is 1.49. The molecule has 0 saturated carbocycles. The van der Waals surface area contributed by atoms with Gasteiger partial charge in [0.15, 0.2) is 5.65 Å². The van der Waals surface area contributed by atoms with Gasteiger partial charge in [0, 0.05) is 12.7 Å². The Morgan fingerprint density at radius 3 is 2.94 bits per heavy atom. The number of nitrogens with one attached hydrogen (secondary N) is 2. The highest BCUT2D eigenvalue weighted by Gasteiger charge is 2.10. The predicted octanol–water partition coefficient (Wildman–Crippen LogP) is -0.610. The lowest BCUT2D eigenvalue weighted by atomic mass is 10.3. The van der Waals surface area contributed by atoms with E-state index >= 15 is 0 Å². The van der Waals surface area contributed by atoms with Crippen LogP contribution in [-0.4, -0.2) is 14.5 Å². The zero-order chi connectivity index (χ0) is 11.7. The summed E-state index contributed by atoms with van der Waals surface area (Å²) in [6.45, 7) is 2.22. The monoisotopic (exact) mass is 221 g/mol. The van der Waals surface area contributed by atoms with E-state index in [-0.39, 0.29) is 5.39 Å². The summed E-state index contributed by atoms with van der Waals surface area (Å²) in [5.41, 5.74) is 2.20. The van der Waals surface area contributed by atoms with Crippen LogP contribution >= 0.6 is 0 Å². The molecule has 0 radical (unpaired) electrons. The molecular formula is C9H11N5O2. The molecule has 16 heavy (non-hydrogen) atoms. The first kappa shape index (κ1) is 10.4. The van der Waals surface area contributed by atoms with Crippen LogP contribution in [0.15, 0.2) is 21.9 Å². The van der Waals surface area contributed by atoms with Crippen LogP contribution in [0.5, 0.6) is 0 Å². The minimum Gasteiger partial charge on any atom is -0.323 e. The topological polar surface area (TPSA) is 106 Å². The number of nitrogens with zero attached hydrogens (tertiary/aromatic N) is 2. The van der Waals surface area contributed by atoms with Crippen LogP contribution in [0.3, 0.4) is 0 Å². The van der Waals surface area contributed by atoms with E-state index in [1.165, 1.54) is 10.8 Å². The molecule has 0 amide bonds. The summed E-state index contributed by atoms with van der Waals surface area (Å²) < 4.78 is 1.37. The van der Waals surface area contributed by atoms with Gasteiger partial charge in [0.25, 0.3) is 5.56 Å². The maximum atomic E-state index is 11.6. The maximum Gasteiger partial charge on any atom is 0.329 e. The molecule has 0 bridgehead atoms. The van der Waals surface area contributed by atoms with Crippen molar-refractivity contribution in [1.29, 1.82) is 0 Å². The lowest BCUT2D eigenvalue weighted by Gasteiger charge is -2.08. The average Bonchev–Trinajstić information content (AvgIpc) is 2.28. The predicted molar refractivity (Wildman–Crippen MR) is 60.1 cm³/mol. The molecule has 0 aliphatic heterocycles. The highest BCUT2D eigenvalue weighted by atomic mass is 16.2. The highest BCUT2D eigenvalue weighted by molar-refractivity contribution is 5.87. The number of hydrogen-bond acceptors (Lipinski definition) is 5. The number of aromatic amines is 1. The Hall–Kier alpha value is -2.15. The highest BCUT2D eigenvalue weighted by Crippen LogP contribution is 2.14. The summed E-state index contributed by atoms with van der Waals surface area (Å²) >= 11 is 0. The smallest absolute Gasteiger partial charge is 0.323 e. The number of nitrogens with two attached hydrogens (primary N) is 1. The first-order chi connectivity index (χ1) is 7.69. The summed E-state index contributed by atoms with van der Waals surface area (Å²) in [5.74, 6) is 5.30. The number of pyridine rings is 1. The first-order valence-electron chi connectivity index (χ1n) is 4.77. The van der Waals surface area contributed by atoms with Gasteiger partial charge in [-0.25, -0.2) is 9.78 Å². The number of fused-ring (bicyclic) bond motifs is 1. The van der Waals surface area contributed by atoms with Crippen molar-refractivity contribution in [3.05, 3.63) is 33.1 Å². The van der Waals surface area contributed by atoms with Crippen molar-refractivity contribution < 1.29 is 0 Å². The average molecular weight is 221 g/mol. The molecule has 0 aliphatic carbocycles. The molecule has 0 spiro atoms. The van der Waals surface area contributed by atoms with Gasteiger partial charge in [-0.1, -0.05) is 0 Å². The fourth-order valence-electron chi connectivity index (χ4n) is 1.62. The van der Waals surface area contributed by atoms with E-state index in [9.17, 15) is 9.59 Å². The third kappa shape index (κ3) is 1.38. The lowest BCUT2D eigenvalue weighted by Crippen LogP contribution is -2.31. The van der Waals surface area contributed by atoms with E-state index in [2.05, 4.69) is 15.4 Å². The number of hydrazine groups is 1. The summed E-state index contributed by atoms with van der Waals surface area (Å²) in [7, 11) is 0. The molecule has 7 heteroatoms. The van der Waals surface area contributed by atoms with Crippen LogP contribution in [0.25, 0.3) is 11.0 Å². The molecule has 2 aromatic rings. The van der Waals surface area contributed by atoms with Crippen LogP contribution in [0, 0.1) is 0 Å². The first-order valence-corrected chi connectivity index (χ1v) is 4.77. The van der Waals surface area contributed by atoms with Crippen molar-refractivity contribution in [2.45, 2.75) is 13.5 Å². The molecule has 0 unspecified atom stereocenters. The largest absolute Gasteiger partial charge is 0.329 e. The van der Waals surface area contributed by atoms with Crippen LogP contribution < -0.4 is 22.5 Å². The Morgan fingerprint density at radius 2 is 2.31 bits per heavy atom. The molecule has 0 atom stereocenters. The molecule has 0 saturated heterocycles. The molecule has 2 heterocycles. The molecule has 0 aliphatic rings. The molecule has 2 rings (SSSR count). The second-order valence-electron chi connectivity index (χ2n) is 3.20. The number of aryl methyl sites for hydroxylation is 1. The third-order valence-corrected chi connectivity index (χ3v) is 2.35. The normalized spacial score (nSPS) is 10.6. The zero-order valence-electron chi connectivity index (χ0n) is 8.65. The Morgan fingerprint density at radius 1 is 1.56 bits per heavy atom. The van der Waals surface area contributed by atoms with Gasteiger partial charge in [0.2, 0.25) is 0 Å². The van der Waals surface area contributed by atoms with Crippen molar-refractivity contribution in [2.75, 3.05) is 5.43 Å². The van der Waals surface area contributed by atoms with Crippen molar-refractivity contribution >= 4 is 16.7 Å². The number of anilines is 1. The quantitative estimate of drug-likeness (QED) is 0.463. The maximum absolute atomic E-state index is 11.6. The minimum absolute atomic E-state index is 0.284. The zero-order valence-corrected chi connectivity index (χ0v) is 8.65. The van der Waals surface area contributed by atoms with Crippen LogP contribution in [0.4, 0.5) is 5.69 Å². The molecule has 0 aromatic carbocycles. The van der Waals surface area contributed by atoms with Gasteiger partial charge in [0.1, 0.15) is 5.39 Å². The minimum atomic E-state index is -0.495. The molecule has 4 N–H and O–H groups in total. The number of hydrogen-bond donors (Lipinski definition) is 3. The molecule has 7 nitrogen and oxygen atoms in total. The van der Waals surface area contributed by atoms with Crippen molar-refractivity contribution in [2.24, 2.45) is 5.84 Å². The summed E-state index contributed by atoms with van der Waals surface area (Å²) in [4.78, 5) is 29.4. The van der Waals surface area contributed by atoms with Gasteiger partial charge in [-0.3, -0.25) is 20.2 Å². The van der Waals surface area contributed by atoms with E-state index in [1.54, 1.807) is 13.0 Å². The molecule has 84 valence electrons. The Labute approximate surface area is 89.9 Å². The van der Waals surface area contributed by atoms with Crippen LogP contribution in [0.1, 0.15) is 6.92 Å². The van der Waals surface area contributed by atoms with Gasteiger partial charge < -0.3 is 5.43 Å². The van der Waals surface area contributed by atoms with Crippen LogP contribution in [-0.2, 0) is 6.54 Å². The summed E-state index contributed by atoms with van der Waals surface area (Å²) in [6, 6.07) is 1.57. The summed E-state index contributed by atoms with van der Waals surface area (Å²) in [5, 5.41) is 0.284. The van der Waals surface area contributed by atoms with E-state index in [0.29, 0.717) is 17.9 Å². The van der Waals surface area contributed by atoms with Gasteiger partial charge in [-0.15, -0.1) is 0 Å². The van der Waals surface area contributed by atoms with Gasteiger partial charge in [-0.05, 0) is 13.0 Å². The number of aromatic nitrogens is 3. The van der Waals surface area contributed by atoms with E-state index < -0.39 is 11.2 Å². The number of rotatable bonds is 2. The van der Waals surface area contributed by atoms with Gasteiger partial charge in [-0.2, -0.15) is 0 Å². The fourth-order valence-corrected chi connectivity index (χ4v) is 1.62. The molecule has 2 aromatic heterocycles. The fraction of sp³-hybridized carbons (Fsp3) is 0.222. The van der Waals surface area contributed by atoms with Crippen molar-refractivity contribution in [3.8, 4) is 0 Å².